The van der Waals surface area contributed by atoms with E-state index >= 15 is 0 Å². The topological polar surface area (TPSA) is 59.2 Å². The molecule has 0 amide bonds. The molecule has 1 aliphatic carbocycles. The zero-order valence-electron chi connectivity index (χ0n) is 17.4. The van der Waals surface area contributed by atoms with Crippen molar-refractivity contribution >= 4 is 48.3 Å². The van der Waals surface area contributed by atoms with Crippen LogP contribution >= 0.6 is 23.4 Å². The molecule has 4 aromatic heterocycles. The largest absolute Gasteiger partial charge is 0.342 e. The molecule has 2 radical (unpaired) electrons. The van der Waals surface area contributed by atoms with Crippen molar-refractivity contribution in [3.63, 3.8) is 0 Å². The standard InChI is InChI=1S/C23H20BClN6S/c24-16-12-26-13-17(25)20(16)32-19-14-29-22(31-9-6-28-21(19)31)30-7-3-23(4-8-30)10-15-2-1-5-27-18(15)11-23/h1-2,5-6,9,12-14H,3-4,7-8,10-11H2. The molecular formula is C23H20BClN6S. The monoisotopic (exact) mass is 458 g/mol. The zero-order chi connectivity index (χ0) is 21.7. The quantitative estimate of drug-likeness (QED) is 0.438. The highest BCUT2D eigenvalue weighted by Gasteiger charge is 2.41. The van der Waals surface area contributed by atoms with E-state index in [2.05, 4.69) is 36.4 Å². The Morgan fingerprint density at radius 2 is 1.91 bits per heavy atom. The molecule has 6 nitrogen and oxygen atoms in total. The molecule has 4 aromatic rings. The van der Waals surface area contributed by atoms with Crippen LogP contribution in [0.15, 0.2) is 59.1 Å². The van der Waals surface area contributed by atoms with Crippen LogP contribution in [-0.2, 0) is 12.8 Å². The maximum atomic E-state index is 6.33. The fourth-order valence-corrected chi connectivity index (χ4v) is 6.16. The van der Waals surface area contributed by atoms with Gasteiger partial charge < -0.3 is 4.90 Å². The van der Waals surface area contributed by atoms with Gasteiger partial charge in [0.2, 0.25) is 5.95 Å². The van der Waals surface area contributed by atoms with Crippen molar-refractivity contribution < 1.29 is 0 Å². The van der Waals surface area contributed by atoms with Gasteiger partial charge in [0.1, 0.15) is 7.85 Å². The van der Waals surface area contributed by atoms with E-state index < -0.39 is 0 Å². The molecule has 0 atom stereocenters. The number of fused-ring (bicyclic) bond motifs is 2. The van der Waals surface area contributed by atoms with Gasteiger partial charge in [0.15, 0.2) is 5.65 Å². The first kappa shape index (κ1) is 20.1. The Morgan fingerprint density at radius 1 is 1.03 bits per heavy atom. The number of nitrogens with zero attached hydrogens (tertiary/aromatic N) is 6. The maximum absolute atomic E-state index is 6.33. The van der Waals surface area contributed by atoms with E-state index in [4.69, 9.17) is 24.4 Å². The SMILES string of the molecule is [B]c1cncc(Cl)c1Sc1cnc(N2CCC3(CC2)Cc2cccnc2C3)n2ccnc12. The third kappa shape index (κ3) is 3.37. The van der Waals surface area contributed by atoms with Crippen LogP contribution in [0.4, 0.5) is 5.95 Å². The minimum Gasteiger partial charge on any atom is -0.342 e. The number of anilines is 1. The third-order valence-electron chi connectivity index (χ3n) is 6.67. The average molecular weight is 459 g/mol. The summed E-state index contributed by atoms with van der Waals surface area (Å²) in [4.78, 5) is 22.1. The Morgan fingerprint density at radius 3 is 2.72 bits per heavy atom. The molecule has 1 saturated heterocycles. The summed E-state index contributed by atoms with van der Waals surface area (Å²) in [5, 5.41) is 0.525. The predicted molar refractivity (Wildman–Crippen MR) is 127 cm³/mol. The molecule has 0 bridgehead atoms. The average Bonchev–Trinajstić information content (AvgIpc) is 3.42. The first-order valence-corrected chi connectivity index (χ1v) is 11.9. The van der Waals surface area contributed by atoms with Gasteiger partial charge in [0.25, 0.3) is 0 Å². The molecule has 0 aromatic carbocycles. The summed E-state index contributed by atoms with van der Waals surface area (Å²) in [5.74, 6) is 0.930. The van der Waals surface area contributed by atoms with Crippen LogP contribution < -0.4 is 10.4 Å². The number of halogens is 1. The summed E-state index contributed by atoms with van der Waals surface area (Å²) in [6.07, 6.45) is 15.3. The van der Waals surface area contributed by atoms with Gasteiger partial charge in [0, 0.05) is 60.9 Å². The molecule has 1 spiro atoms. The van der Waals surface area contributed by atoms with E-state index in [0.29, 0.717) is 15.9 Å². The smallest absolute Gasteiger partial charge is 0.211 e. The summed E-state index contributed by atoms with van der Waals surface area (Å²) in [5.41, 5.74) is 4.44. The Labute approximate surface area is 196 Å². The summed E-state index contributed by atoms with van der Waals surface area (Å²) in [7, 11) is 6.10. The molecule has 0 unspecified atom stereocenters. The third-order valence-corrected chi connectivity index (χ3v) is 8.23. The molecule has 9 heteroatoms. The predicted octanol–water partition coefficient (Wildman–Crippen LogP) is 3.50. The molecule has 6 rings (SSSR count). The molecule has 5 heterocycles. The molecule has 32 heavy (non-hydrogen) atoms. The first-order chi connectivity index (χ1) is 15.6. The lowest BCUT2D eigenvalue weighted by Gasteiger charge is -2.39. The number of pyridine rings is 2. The second kappa shape index (κ2) is 7.78. The Kier molecular flexibility index (Phi) is 4.88. The van der Waals surface area contributed by atoms with Crippen LogP contribution in [0.5, 0.6) is 0 Å². The van der Waals surface area contributed by atoms with Crippen LogP contribution in [-0.4, -0.2) is 45.3 Å². The Hall–Kier alpha value is -2.58. The number of hydrogen-bond donors (Lipinski definition) is 0. The summed E-state index contributed by atoms with van der Waals surface area (Å²) >= 11 is 7.80. The van der Waals surface area contributed by atoms with Crippen LogP contribution in [0, 0.1) is 5.41 Å². The number of piperidine rings is 1. The molecule has 1 aliphatic heterocycles. The van der Waals surface area contributed by atoms with Crippen molar-refractivity contribution in [1.82, 2.24) is 24.3 Å². The van der Waals surface area contributed by atoms with Gasteiger partial charge in [-0.25, -0.2) is 9.97 Å². The van der Waals surface area contributed by atoms with E-state index in [9.17, 15) is 0 Å². The maximum Gasteiger partial charge on any atom is 0.211 e. The zero-order valence-corrected chi connectivity index (χ0v) is 19.0. The lowest BCUT2D eigenvalue weighted by atomic mass is 9.76. The molecule has 1 fully saturated rings. The van der Waals surface area contributed by atoms with Crippen LogP contribution in [0.1, 0.15) is 24.1 Å². The molecule has 158 valence electrons. The highest BCUT2D eigenvalue weighted by molar-refractivity contribution is 7.99. The van der Waals surface area contributed by atoms with Crippen molar-refractivity contribution in [3.05, 3.63) is 65.6 Å². The van der Waals surface area contributed by atoms with Crippen LogP contribution in [0.25, 0.3) is 5.65 Å². The summed E-state index contributed by atoms with van der Waals surface area (Å²) < 4.78 is 2.07. The molecule has 0 N–H and O–H groups in total. The first-order valence-electron chi connectivity index (χ1n) is 10.7. The van der Waals surface area contributed by atoms with Crippen molar-refractivity contribution in [1.29, 1.82) is 0 Å². The second-order valence-electron chi connectivity index (χ2n) is 8.63. The highest BCUT2D eigenvalue weighted by Crippen LogP contribution is 2.44. The number of hydrogen-bond acceptors (Lipinski definition) is 6. The molecule has 2 aliphatic rings. The highest BCUT2D eigenvalue weighted by atomic mass is 35.5. The van der Waals surface area contributed by atoms with Gasteiger partial charge >= 0.3 is 0 Å². The molecule has 0 saturated carbocycles. The van der Waals surface area contributed by atoms with Crippen molar-refractivity contribution in [3.8, 4) is 0 Å². The van der Waals surface area contributed by atoms with E-state index in [0.717, 1.165) is 60.2 Å². The minimum absolute atomic E-state index is 0.340. The summed E-state index contributed by atoms with van der Waals surface area (Å²) in [6.45, 7) is 1.95. The van der Waals surface area contributed by atoms with Gasteiger partial charge in [-0.2, -0.15) is 0 Å². The van der Waals surface area contributed by atoms with Crippen LogP contribution in [0.3, 0.4) is 0 Å². The fourth-order valence-electron chi connectivity index (χ4n) is 4.99. The molecular weight excluding hydrogens is 439 g/mol. The van der Waals surface area contributed by atoms with E-state index in [1.807, 2.05) is 24.8 Å². The summed E-state index contributed by atoms with van der Waals surface area (Å²) in [6, 6.07) is 4.29. The Bertz CT molecular complexity index is 1270. The van der Waals surface area contributed by atoms with Crippen LogP contribution in [0.2, 0.25) is 5.02 Å². The lowest BCUT2D eigenvalue weighted by Crippen LogP contribution is -2.41. The van der Waals surface area contributed by atoms with Gasteiger partial charge in [-0.1, -0.05) is 34.9 Å². The van der Waals surface area contributed by atoms with E-state index in [1.54, 1.807) is 12.4 Å². The van der Waals surface area contributed by atoms with Crippen molar-refractivity contribution in [2.45, 2.75) is 35.5 Å². The van der Waals surface area contributed by atoms with Gasteiger partial charge in [-0.15, -0.1) is 0 Å². The second-order valence-corrected chi connectivity index (χ2v) is 10.1. The fraction of sp³-hybridized carbons (Fsp3) is 0.304. The van der Waals surface area contributed by atoms with Crippen molar-refractivity contribution in [2.75, 3.05) is 18.0 Å². The van der Waals surface area contributed by atoms with Gasteiger partial charge in [-0.3, -0.25) is 14.4 Å². The van der Waals surface area contributed by atoms with Crippen molar-refractivity contribution in [2.24, 2.45) is 5.41 Å². The van der Waals surface area contributed by atoms with E-state index in [-0.39, 0.29) is 0 Å². The normalized spacial score (nSPS) is 17.2. The minimum atomic E-state index is 0.340. The lowest BCUT2D eigenvalue weighted by molar-refractivity contribution is 0.230. The number of imidazole rings is 1. The Balaban J connectivity index is 1.25. The number of aromatic nitrogens is 5. The van der Waals surface area contributed by atoms with Gasteiger partial charge in [-0.05, 0) is 42.7 Å². The van der Waals surface area contributed by atoms with Gasteiger partial charge in [0.05, 0.1) is 9.92 Å². The number of rotatable bonds is 3. The van der Waals surface area contributed by atoms with E-state index in [1.165, 1.54) is 23.0 Å².